The van der Waals surface area contributed by atoms with Crippen LogP contribution in [0.4, 0.5) is 10.1 Å². The Labute approximate surface area is 137 Å². The number of halogens is 1. The summed E-state index contributed by atoms with van der Waals surface area (Å²) in [6.45, 7) is 0. The van der Waals surface area contributed by atoms with Crippen molar-refractivity contribution in [3.05, 3.63) is 83.0 Å². The zero-order valence-electron chi connectivity index (χ0n) is 12.1. The van der Waals surface area contributed by atoms with E-state index in [0.29, 0.717) is 10.1 Å². The Balaban J connectivity index is 1.74. The highest BCUT2D eigenvalue weighted by atomic mass is 32.2. The lowest BCUT2D eigenvalue weighted by atomic mass is 10.2. The number of amidine groups is 1. The van der Waals surface area contributed by atoms with Crippen molar-refractivity contribution in [2.75, 3.05) is 0 Å². The molecule has 23 heavy (non-hydrogen) atoms. The van der Waals surface area contributed by atoms with Crippen LogP contribution in [0.3, 0.4) is 0 Å². The number of carbonyl (C=O) groups excluding carboxylic acids is 1. The molecular formula is C18H13FN2OS. The lowest BCUT2D eigenvalue weighted by Gasteiger charge is -1.97. The molecule has 0 atom stereocenters. The second kappa shape index (κ2) is 7.07. The van der Waals surface area contributed by atoms with E-state index in [1.807, 2.05) is 42.5 Å². The van der Waals surface area contributed by atoms with Gasteiger partial charge in [-0.3, -0.25) is 4.79 Å². The number of thioether (sulfide) groups is 1. The van der Waals surface area contributed by atoms with Crippen LogP contribution in [-0.2, 0) is 4.79 Å². The maximum atomic E-state index is 13.6. The highest BCUT2D eigenvalue weighted by Gasteiger charge is 2.23. The maximum Gasteiger partial charge on any atom is 0.264 e. The molecule has 0 unspecified atom stereocenters. The summed E-state index contributed by atoms with van der Waals surface area (Å²) < 4.78 is 13.6. The average molecular weight is 324 g/mol. The topological polar surface area (TPSA) is 41.5 Å². The molecular weight excluding hydrogens is 311 g/mol. The Morgan fingerprint density at radius 2 is 1.78 bits per heavy atom. The number of benzene rings is 2. The molecule has 0 spiro atoms. The summed E-state index contributed by atoms with van der Waals surface area (Å²) in [5.74, 6) is -0.654. The van der Waals surface area contributed by atoms with Gasteiger partial charge in [-0.25, -0.2) is 9.38 Å². The van der Waals surface area contributed by atoms with Crippen LogP contribution in [0, 0.1) is 5.82 Å². The molecule has 3 rings (SSSR count). The third kappa shape index (κ3) is 3.96. The minimum Gasteiger partial charge on any atom is -0.300 e. The van der Waals surface area contributed by atoms with Gasteiger partial charge in [-0.1, -0.05) is 54.6 Å². The molecule has 1 amide bonds. The number of rotatable bonds is 3. The first-order chi connectivity index (χ1) is 11.2. The van der Waals surface area contributed by atoms with Gasteiger partial charge < -0.3 is 5.32 Å². The van der Waals surface area contributed by atoms with E-state index < -0.39 is 5.82 Å². The number of amides is 1. The van der Waals surface area contributed by atoms with E-state index >= 15 is 0 Å². The molecule has 0 radical (unpaired) electrons. The van der Waals surface area contributed by atoms with Crippen LogP contribution >= 0.6 is 11.8 Å². The SMILES string of the molecule is O=C1NC(=Nc2ccccc2F)S/C1=C\C=C\c1ccccc1. The quantitative estimate of drug-likeness (QED) is 0.857. The van der Waals surface area contributed by atoms with Gasteiger partial charge in [-0.15, -0.1) is 0 Å². The second-order valence-corrected chi connectivity index (χ2v) is 5.76. The first-order valence-corrected chi connectivity index (χ1v) is 7.80. The molecule has 0 aliphatic carbocycles. The molecule has 1 saturated heterocycles. The number of para-hydroxylation sites is 1. The highest BCUT2D eigenvalue weighted by Crippen LogP contribution is 2.27. The van der Waals surface area contributed by atoms with E-state index in [2.05, 4.69) is 10.3 Å². The zero-order valence-corrected chi connectivity index (χ0v) is 12.9. The van der Waals surface area contributed by atoms with Crippen molar-refractivity contribution in [3.63, 3.8) is 0 Å². The smallest absolute Gasteiger partial charge is 0.264 e. The molecule has 1 aliphatic heterocycles. The third-order valence-electron chi connectivity index (χ3n) is 3.06. The minimum absolute atomic E-state index is 0.205. The van der Waals surface area contributed by atoms with Gasteiger partial charge in [0.1, 0.15) is 11.5 Å². The normalized spacial score (nSPS) is 18.0. The molecule has 1 aliphatic rings. The van der Waals surface area contributed by atoms with Gasteiger partial charge in [-0.2, -0.15) is 0 Å². The number of carbonyl (C=O) groups is 1. The molecule has 0 bridgehead atoms. The Bertz CT molecular complexity index is 813. The van der Waals surface area contributed by atoms with Gasteiger partial charge in [0.25, 0.3) is 5.91 Å². The van der Waals surface area contributed by atoms with Crippen LogP contribution in [0.1, 0.15) is 5.56 Å². The predicted octanol–water partition coefficient (Wildman–Crippen LogP) is 4.27. The molecule has 0 aromatic heterocycles. The van der Waals surface area contributed by atoms with Crippen molar-refractivity contribution in [3.8, 4) is 0 Å². The molecule has 1 heterocycles. The lowest BCUT2D eigenvalue weighted by molar-refractivity contribution is -0.115. The van der Waals surface area contributed by atoms with Crippen LogP contribution in [0.2, 0.25) is 0 Å². The van der Waals surface area contributed by atoms with Gasteiger partial charge in [0.15, 0.2) is 5.17 Å². The summed E-state index contributed by atoms with van der Waals surface area (Å²) in [6, 6.07) is 16.0. The lowest BCUT2D eigenvalue weighted by Crippen LogP contribution is -2.19. The van der Waals surface area contributed by atoms with Gasteiger partial charge in [0.05, 0.1) is 4.91 Å². The number of allylic oxidation sites excluding steroid dienone is 2. The fourth-order valence-electron chi connectivity index (χ4n) is 1.96. The average Bonchev–Trinajstić information content (AvgIpc) is 2.90. The van der Waals surface area contributed by atoms with Gasteiger partial charge in [-0.05, 0) is 35.5 Å². The summed E-state index contributed by atoms with van der Waals surface area (Å²) >= 11 is 1.19. The molecule has 2 aromatic carbocycles. The van der Waals surface area contributed by atoms with E-state index in [0.717, 1.165) is 5.56 Å². The number of hydrogen-bond acceptors (Lipinski definition) is 3. The van der Waals surface area contributed by atoms with Crippen LogP contribution < -0.4 is 5.32 Å². The van der Waals surface area contributed by atoms with Crippen molar-refractivity contribution in [2.24, 2.45) is 4.99 Å². The Morgan fingerprint density at radius 1 is 1.04 bits per heavy atom. The van der Waals surface area contributed by atoms with Crippen molar-refractivity contribution in [1.29, 1.82) is 0 Å². The fraction of sp³-hybridized carbons (Fsp3) is 0. The molecule has 2 aromatic rings. The van der Waals surface area contributed by atoms with Crippen LogP contribution in [0.15, 0.2) is 76.6 Å². The number of nitrogens with one attached hydrogen (secondary N) is 1. The monoisotopic (exact) mass is 324 g/mol. The van der Waals surface area contributed by atoms with E-state index in [-0.39, 0.29) is 11.6 Å². The first-order valence-electron chi connectivity index (χ1n) is 6.98. The van der Waals surface area contributed by atoms with Crippen LogP contribution in [0.5, 0.6) is 0 Å². The molecule has 0 saturated carbocycles. The van der Waals surface area contributed by atoms with E-state index in [9.17, 15) is 9.18 Å². The van der Waals surface area contributed by atoms with Crippen molar-refractivity contribution < 1.29 is 9.18 Å². The van der Waals surface area contributed by atoms with Crippen LogP contribution in [-0.4, -0.2) is 11.1 Å². The highest BCUT2D eigenvalue weighted by molar-refractivity contribution is 8.18. The molecule has 1 fully saturated rings. The van der Waals surface area contributed by atoms with Crippen LogP contribution in [0.25, 0.3) is 6.08 Å². The number of aliphatic imine (C=N–C) groups is 1. The zero-order chi connectivity index (χ0) is 16.1. The Hall–Kier alpha value is -2.66. The summed E-state index contributed by atoms with van der Waals surface area (Å²) in [6.07, 6.45) is 5.44. The molecule has 1 N–H and O–H groups in total. The molecule has 5 heteroatoms. The first kappa shape index (κ1) is 15.2. The van der Waals surface area contributed by atoms with Gasteiger partial charge in [0, 0.05) is 0 Å². The summed E-state index contributed by atoms with van der Waals surface area (Å²) in [7, 11) is 0. The minimum atomic E-state index is -0.420. The van der Waals surface area contributed by atoms with E-state index in [1.165, 1.54) is 17.8 Å². The summed E-state index contributed by atoms with van der Waals surface area (Å²) in [4.78, 5) is 16.5. The summed E-state index contributed by atoms with van der Waals surface area (Å²) in [5.41, 5.74) is 1.25. The van der Waals surface area contributed by atoms with E-state index in [1.54, 1.807) is 24.3 Å². The Morgan fingerprint density at radius 3 is 2.57 bits per heavy atom. The maximum absolute atomic E-state index is 13.6. The van der Waals surface area contributed by atoms with E-state index in [4.69, 9.17) is 0 Å². The van der Waals surface area contributed by atoms with Crippen molar-refractivity contribution >= 4 is 34.6 Å². The van der Waals surface area contributed by atoms with Gasteiger partial charge in [0.2, 0.25) is 0 Å². The van der Waals surface area contributed by atoms with Crippen molar-refractivity contribution in [1.82, 2.24) is 5.32 Å². The fourth-order valence-corrected chi connectivity index (χ4v) is 2.74. The predicted molar refractivity (Wildman–Crippen MR) is 92.8 cm³/mol. The standard InChI is InChI=1S/C18H13FN2OS/c19-14-10-4-5-11-15(14)20-18-21-17(22)16(23-18)12-6-9-13-7-2-1-3-8-13/h1-12H,(H,20,21,22)/b9-6+,16-12-. The third-order valence-corrected chi connectivity index (χ3v) is 3.99. The molecule has 114 valence electrons. The van der Waals surface area contributed by atoms with Gasteiger partial charge >= 0.3 is 0 Å². The Kier molecular flexibility index (Phi) is 4.68. The summed E-state index contributed by atoms with van der Waals surface area (Å²) in [5, 5.41) is 3.01. The van der Waals surface area contributed by atoms with Crippen molar-refractivity contribution in [2.45, 2.75) is 0 Å². The number of nitrogens with zero attached hydrogens (tertiary/aromatic N) is 1. The largest absolute Gasteiger partial charge is 0.300 e. The molecule has 3 nitrogen and oxygen atoms in total. The number of hydrogen-bond donors (Lipinski definition) is 1. The second-order valence-electron chi connectivity index (χ2n) is 4.73.